The molecule has 2 aromatic rings. The van der Waals surface area contributed by atoms with Crippen molar-refractivity contribution in [1.29, 1.82) is 5.26 Å². The van der Waals surface area contributed by atoms with E-state index in [2.05, 4.69) is 30.4 Å². The maximum Gasteiger partial charge on any atom is 0.243 e. The van der Waals surface area contributed by atoms with Gasteiger partial charge in [0.1, 0.15) is 11.8 Å². The Bertz CT molecular complexity index is 825. The molecule has 1 aromatic heterocycles. The van der Waals surface area contributed by atoms with Crippen molar-refractivity contribution < 1.29 is 14.1 Å². The molecule has 2 heterocycles. The molecule has 1 aliphatic rings. The fourth-order valence-electron chi connectivity index (χ4n) is 3.16. The van der Waals surface area contributed by atoms with E-state index in [0.29, 0.717) is 24.3 Å². The van der Waals surface area contributed by atoms with Crippen molar-refractivity contribution in [1.82, 2.24) is 15.4 Å². The first-order valence-electron chi connectivity index (χ1n) is 9.99. The summed E-state index contributed by atoms with van der Waals surface area (Å²) in [6, 6.07) is 10.1. The van der Waals surface area contributed by atoms with E-state index in [1.165, 1.54) is 12.6 Å². The predicted molar refractivity (Wildman–Crippen MR) is 109 cm³/mol. The monoisotopic (exact) mass is 396 g/mol. The summed E-state index contributed by atoms with van der Waals surface area (Å²) in [6.45, 7) is 6.70. The van der Waals surface area contributed by atoms with Crippen LogP contribution in [0, 0.1) is 11.3 Å². The van der Waals surface area contributed by atoms with Gasteiger partial charge in [-0.2, -0.15) is 5.26 Å². The molecule has 1 aliphatic heterocycles. The smallest absolute Gasteiger partial charge is 0.243 e. The standard InChI is InChI=1S/C19H20N4O3.C3H8/c1-13(15-6-4-14(12-20)5-7-15)22-19(25)17-3-2-10-23(17)18(24)11-16-8-9-21-26-16;1-3-2/h4-9,13,17H,2-3,10-11H2,1H3,(H,22,25);3H2,1-2H3. The van der Waals surface area contributed by atoms with Gasteiger partial charge in [-0.15, -0.1) is 0 Å². The molecular formula is C22H28N4O3. The number of carbonyl (C=O) groups excluding carboxylic acids is 2. The largest absolute Gasteiger partial charge is 0.361 e. The second-order valence-electron chi connectivity index (χ2n) is 7.07. The third-order valence-corrected chi connectivity index (χ3v) is 4.59. The minimum Gasteiger partial charge on any atom is -0.361 e. The fourth-order valence-corrected chi connectivity index (χ4v) is 3.16. The summed E-state index contributed by atoms with van der Waals surface area (Å²) in [5.74, 6) is 0.197. The van der Waals surface area contributed by atoms with Gasteiger partial charge < -0.3 is 14.7 Å². The highest BCUT2D eigenvalue weighted by Gasteiger charge is 2.34. The highest BCUT2D eigenvalue weighted by molar-refractivity contribution is 5.89. The van der Waals surface area contributed by atoms with Gasteiger partial charge in [0.05, 0.1) is 30.3 Å². The third-order valence-electron chi connectivity index (χ3n) is 4.59. The van der Waals surface area contributed by atoms with Gasteiger partial charge in [-0.25, -0.2) is 0 Å². The Morgan fingerprint density at radius 2 is 2.00 bits per heavy atom. The van der Waals surface area contributed by atoms with Crippen LogP contribution in [-0.2, 0) is 16.0 Å². The number of hydrogen-bond donors (Lipinski definition) is 1. The van der Waals surface area contributed by atoms with Gasteiger partial charge in [0, 0.05) is 12.6 Å². The molecule has 0 saturated carbocycles. The zero-order valence-electron chi connectivity index (χ0n) is 17.2. The normalized spacial score (nSPS) is 16.3. The van der Waals surface area contributed by atoms with E-state index in [0.717, 1.165) is 12.0 Å². The van der Waals surface area contributed by atoms with Crippen LogP contribution in [0.5, 0.6) is 0 Å². The van der Waals surface area contributed by atoms with E-state index in [4.69, 9.17) is 9.78 Å². The summed E-state index contributed by atoms with van der Waals surface area (Å²) in [7, 11) is 0. The highest BCUT2D eigenvalue weighted by atomic mass is 16.5. The molecule has 2 unspecified atom stereocenters. The number of likely N-dealkylation sites (tertiary alicyclic amines) is 1. The number of nitrogens with zero attached hydrogens (tertiary/aromatic N) is 3. The maximum atomic E-state index is 12.7. The lowest BCUT2D eigenvalue weighted by atomic mass is 10.1. The number of benzene rings is 1. The summed E-state index contributed by atoms with van der Waals surface area (Å²) in [5.41, 5.74) is 1.49. The van der Waals surface area contributed by atoms with E-state index in [-0.39, 0.29) is 24.3 Å². The molecule has 2 atom stereocenters. The first-order chi connectivity index (χ1) is 14.0. The molecule has 3 rings (SSSR count). The van der Waals surface area contributed by atoms with Crippen LogP contribution in [0.25, 0.3) is 0 Å². The fraction of sp³-hybridized carbons (Fsp3) is 0.455. The van der Waals surface area contributed by atoms with Gasteiger partial charge in [0.25, 0.3) is 0 Å². The zero-order chi connectivity index (χ0) is 21.2. The van der Waals surface area contributed by atoms with E-state index in [1.807, 2.05) is 19.1 Å². The van der Waals surface area contributed by atoms with Crippen LogP contribution in [0.1, 0.15) is 63.0 Å². The molecule has 1 fully saturated rings. The molecule has 7 heteroatoms. The quantitative estimate of drug-likeness (QED) is 0.835. The number of rotatable bonds is 5. The average Bonchev–Trinajstić information content (AvgIpc) is 3.40. The molecule has 0 radical (unpaired) electrons. The minimum atomic E-state index is -0.466. The molecule has 0 spiro atoms. The Balaban J connectivity index is 0.000000941. The summed E-state index contributed by atoms with van der Waals surface area (Å²) >= 11 is 0. The summed E-state index contributed by atoms with van der Waals surface area (Å²) < 4.78 is 4.98. The van der Waals surface area contributed by atoms with Crippen molar-refractivity contribution in [3.63, 3.8) is 0 Å². The van der Waals surface area contributed by atoms with Gasteiger partial charge in [-0.3, -0.25) is 9.59 Å². The Morgan fingerprint density at radius 1 is 1.31 bits per heavy atom. The van der Waals surface area contributed by atoms with Crippen LogP contribution in [0.3, 0.4) is 0 Å². The first-order valence-corrected chi connectivity index (χ1v) is 9.99. The highest BCUT2D eigenvalue weighted by Crippen LogP contribution is 2.21. The number of carbonyl (C=O) groups is 2. The van der Waals surface area contributed by atoms with Crippen LogP contribution in [0.4, 0.5) is 0 Å². The molecule has 1 N–H and O–H groups in total. The number of aromatic nitrogens is 1. The molecule has 2 amide bonds. The van der Waals surface area contributed by atoms with Crippen molar-refractivity contribution in [3.8, 4) is 6.07 Å². The zero-order valence-corrected chi connectivity index (χ0v) is 17.2. The number of amides is 2. The number of nitrogens with one attached hydrogen (secondary N) is 1. The van der Waals surface area contributed by atoms with Gasteiger partial charge in [-0.1, -0.05) is 37.6 Å². The van der Waals surface area contributed by atoms with Crippen molar-refractivity contribution in [2.45, 2.75) is 58.5 Å². The summed E-state index contributed by atoms with van der Waals surface area (Å²) in [5, 5.41) is 15.4. The minimum absolute atomic E-state index is 0.106. The molecule has 1 saturated heterocycles. The predicted octanol–water partition coefficient (Wildman–Crippen LogP) is 3.37. The lowest BCUT2D eigenvalue weighted by Gasteiger charge is -2.25. The SMILES string of the molecule is CC(NC(=O)C1CCCN1C(=O)Cc1ccno1)c1ccc(C#N)cc1.CCC. The molecule has 0 bridgehead atoms. The van der Waals surface area contributed by atoms with Crippen molar-refractivity contribution in [2.75, 3.05) is 6.54 Å². The van der Waals surface area contributed by atoms with Crippen molar-refractivity contribution in [2.24, 2.45) is 0 Å². The van der Waals surface area contributed by atoms with Gasteiger partial charge >= 0.3 is 0 Å². The second kappa shape index (κ2) is 11.0. The first kappa shape index (κ1) is 22.2. The van der Waals surface area contributed by atoms with Crippen LogP contribution in [-0.4, -0.2) is 34.5 Å². The van der Waals surface area contributed by atoms with Crippen LogP contribution < -0.4 is 5.32 Å². The van der Waals surface area contributed by atoms with E-state index >= 15 is 0 Å². The summed E-state index contributed by atoms with van der Waals surface area (Å²) in [4.78, 5) is 26.8. The van der Waals surface area contributed by atoms with Crippen LogP contribution in [0.2, 0.25) is 0 Å². The average molecular weight is 396 g/mol. The van der Waals surface area contributed by atoms with Crippen LogP contribution >= 0.6 is 0 Å². The number of hydrogen-bond acceptors (Lipinski definition) is 5. The van der Waals surface area contributed by atoms with Crippen molar-refractivity contribution in [3.05, 3.63) is 53.4 Å². The lowest BCUT2D eigenvalue weighted by Crippen LogP contribution is -2.47. The molecule has 7 nitrogen and oxygen atoms in total. The van der Waals surface area contributed by atoms with Gasteiger partial charge in [0.15, 0.2) is 0 Å². The van der Waals surface area contributed by atoms with Gasteiger partial charge in [-0.05, 0) is 37.5 Å². The molecule has 29 heavy (non-hydrogen) atoms. The van der Waals surface area contributed by atoms with E-state index < -0.39 is 6.04 Å². The molecule has 0 aliphatic carbocycles. The van der Waals surface area contributed by atoms with Gasteiger partial charge in [0.2, 0.25) is 11.8 Å². The number of nitriles is 1. The van der Waals surface area contributed by atoms with E-state index in [9.17, 15) is 9.59 Å². The third kappa shape index (κ3) is 6.18. The Morgan fingerprint density at radius 3 is 2.59 bits per heavy atom. The molecule has 1 aromatic carbocycles. The Kier molecular flexibility index (Phi) is 8.41. The molecular weight excluding hydrogens is 368 g/mol. The van der Waals surface area contributed by atoms with Crippen LogP contribution in [0.15, 0.2) is 41.1 Å². The van der Waals surface area contributed by atoms with E-state index in [1.54, 1.807) is 23.1 Å². The Hall–Kier alpha value is -3.14. The second-order valence-corrected chi connectivity index (χ2v) is 7.07. The lowest BCUT2D eigenvalue weighted by molar-refractivity contribution is -0.138. The Labute approximate surface area is 171 Å². The summed E-state index contributed by atoms with van der Waals surface area (Å²) in [6.07, 6.45) is 4.30. The maximum absolute atomic E-state index is 12.7. The molecule has 154 valence electrons. The van der Waals surface area contributed by atoms with Crippen molar-refractivity contribution >= 4 is 11.8 Å². The topological polar surface area (TPSA) is 99.2 Å².